The van der Waals surface area contributed by atoms with Crippen LogP contribution in [0.1, 0.15) is 0 Å². The molecule has 0 aliphatic carbocycles. The zero-order chi connectivity index (χ0) is 14.8. The minimum Gasteiger partial charge on any atom is -0.425 e. The van der Waals surface area contributed by atoms with Gasteiger partial charge >= 0.3 is 12.6 Å². The molecule has 0 radical (unpaired) electrons. The summed E-state index contributed by atoms with van der Waals surface area (Å²) in [6.45, 7) is -3.07. The molecule has 0 saturated carbocycles. The van der Waals surface area contributed by atoms with Crippen molar-refractivity contribution >= 4 is 11.0 Å². The van der Waals surface area contributed by atoms with Crippen molar-refractivity contribution in [1.82, 2.24) is 0 Å². The Kier molecular flexibility index (Phi) is 3.39. The van der Waals surface area contributed by atoms with Gasteiger partial charge in [0.1, 0.15) is 11.1 Å². The molecule has 3 rings (SSSR count). The summed E-state index contributed by atoms with van der Waals surface area (Å²) in [7, 11) is 0. The van der Waals surface area contributed by atoms with Gasteiger partial charge in [0, 0.05) is 0 Å². The van der Waals surface area contributed by atoms with Gasteiger partial charge < -0.3 is 9.15 Å². The van der Waals surface area contributed by atoms with E-state index in [1.54, 1.807) is 48.5 Å². The molecule has 5 heteroatoms. The standard InChI is InChI=1S/C16H10F2O3/c17-16(18)21-15-13(10-6-2-1-3-7-10)14(19)11-8-4-5-9-12(11)20-15/h1-9,16H. The number of hydrogen-bond acceptors (Lipinski definition) is 3. The van der Waals surface area contributed by atoms with Crippen LogP contribution in [0.4, 0.5) is 8.78 Å². The molecule has 0 unspecified atom stereocenters. The zero-order valence-corrected chi connectivity index (χ0v) is 10.8. The summed E-state index contributed by atoms with van der Waals surface area (Å²) in [6, 6.07) is 14.9. The molecule has 0 atom stereocenters. The largest absolute Gasteiger partial charge is 0.425 e. The monoisotopic (exact) mass is 288 g/mol. The van der Waals surface area contributed by atoms with Crippen molar-refractivity contribution in [2.24, 2.45) is 0 Å². The third-order valence-electron chi connectivity index (χ3n) is 3.02. The van der Waals surface area contributed by atoms with Crippen LogP contribution in [-0.2, 0) is 0 Å². The van der Waals surface area contributed by atoms with Gasteiger partial charge in [0.15, 0.2) is 0 Å². The Labute approximate surface area is 118 Å². The van der Waals surface area contributed by atoms with Crippen LogP contribution < -0.4 is 10.2 Å². The maximum Gasteiger partial charge on any atom is 0.389 e. The van der Waals surface area contributed by atoms with Gasteiger partial charge in [-0.05, 0) is 17.7 Å². The number of ether oxygens (including phenoxy) is 1. The maximum atomic E-state index is 12.6. The van der Waals surface area contributed by atoms with Crippen molar-refractivity contribution < 1.29 is 17.9 Å². The van der Waals surface area contributed by atoms with Crippen LogP contribution in [0.5, 0.6) is 5.95 Å². The molecule has 3 nitrogen and oxygen atoms in total. The lowest BCUT2D eigenvalue weighted by atomic mass is 10.1. The maximum absolute atomic E-state index is 12.6. The third kappa shape index (κ3) is 2.50. The average Bonchev–Trinajstić information content (AvgIpc) is 2.48. The molecule has 3 aromatic rings. The van der Waals surface area contributed by atoms with Crippen LogP contribution in [0.2, 0.25) is 0 Å². The van der Waals surface area contributed by atoms with E-state index in [9.17, 15) is 13.6 Å². The van der Waals surface area contributed by atoms with Crippen LogP contribution in [-0.4, -0.2) is 6.61 Å². The Bertz CT molecular complexity index is 826. The summed E-state index contributed by atoms with van der Waals surface area (Å²) >= 11 is 0. The van der Waals surface area contributed by atoms with Gasteiger partial charge in [-0.1, -0.05) is 42.5 Å². The fourth-order valence-corrected chi connectivity index (χ4v) is 2.14. The fraction of sp³-hybridized carbons (Fsp3) is 0.0625. The van der Waals surface area contributed by atoms with Gasteiger partial charge in [0.2, 0.25) is 5.43 Å². The normalized spacial score (nSPS) is 11.0. The van der Waals surface area contributed by atoms with Crippen LogP contribution in [0.25, 0.3) is 22.1 Å². The molecule has 0 spiro atoms. The predicted octanol–water partition coefficient (Wildman–Crippen LogP) is 4.06. The van der Waals surface area contributed by atoms with Gasteiger partial charge in [-0.15, -0.1) is 0 Å². The number of rotatable bonds is 3. The molecular weight excluding hydrogens is 278 g/mol. The van der Waals surface area contributed by atoms with Gasteiger partial charge in [0.25, 0.3) is 0 Å². The second-order valence-electron chi connectivity index (χ2n) is 4.33. The van der Waals surface area contributed by atoms with Crippen molar-refractivity contribution in [2.75, 3.05) is 0 Å². The Balaban J connectivity index is 2.34. The molecule has 0 amide bonds. The lowest BCUT2D eigenvalue weighted by Crippen LogP contribution is -2.11. The molecule has 0 bridgehead atoms. The highest BCUT2D eigenvalue weighted by Crippen LogP contribution is 2.31. The lowest BCUT2D eigenvalue weighted by Gasteiger charge is -2.10. The number of para-hydroxylation sites is 1. The second kappa shape index (κ2) is 5.36. The van der Waals surface area contributed by atoms with Crippen LogP contribution in [0.3, 0.4) is 0 Å². The molecule has 1 aromatic heterocycles. The number of benzene rings is 2. The Morgan fingerprint density at radius 2 is 1.62 bits per heavy atom. The summed E-state index contributed by atoms with van der Waals surface area (Å²) in [5, 5.41) is 0.318. The Morgan fingerprint density at radius 1 is 0.952 bits per heavy atom. The molecule has 1 heterocycles. The van der Waals surface area contributed by atoms with E-state index in [1.165, 1.54) is 6.07 Å². The number of halogens is 2. The average molecular weight is 288 g/mol. The molecule has 106 valence electrons. The molecule has 2 aromatic carbocycles. The smallest absolute Gasteiger partial charge is 0.389 e. The van der Waals surface area contributed by atoms with E-state index >= 15 is 0 Å². The molecule has 0 aliphatic heterocycles. The van der Waals surface area contributed by atoms with Gasteiger partial charge in [-0.25, -0.2) is 0 Å². The zero-order valence-electron chi connectivity index (χ0n) is 10.8. The number of alkyl halides is 2. The van der Waals surface area contributed by atoms with E-state index < -0.39 is 18.0 Å². The minimum absolute atomic E-state index is 0.00500. The SMILES string of the molecule is O=c1c(-c2ccccc2)c(OC(F)F)oc2ccccc12. The summed E-state index contributed by atoms with van der Waals surface area (Å²) in [5.41, 5.74) is 0.263. The quantitative estimate of drug-likeness (QED) is 0.729. The summed E-state index contributed by atoms with van der Waals surface area (Å²) < 4.78 is 34.9. The van der Waals surface area contributed by atoms with Gasteiger partial charge in [0.05, 0.1) is 5.39 Å². The lowest BCUT2D eigenvalue weighted by molar-refractivity contribution is -0.0630. The van der Waals surface area contributed by atoms with Crippen molar-refractivity contribution in [2.45, 2.75) is 6.61 Å². The highest BCUT2D eigenvalue weighted by molar-refractivity contribution is 5.83. The van der Waals surface area contributed by atoms with E-state index in [-0.39, 0.29) is 11.1 Å². The first-order valence-corrected chi connectivity index (χ1v) is 6.23. The van der Waals surface area contributed by atoms with E-state index in [4.69, 9.17) is 4.42 Å². The molecule has 0 N–H and O–H groups in total. The van der Waals surface area contributed by atoms with Crippen LogP contribution in [0, 0.1) is 0 Å². The molecule has 0 saturated heterocycles. The van der Waals surface area contributed by atoms with E-state index in [2.05, 4.69) is 4.74 Å². The Morgan fingerprint density at radius 3 is 2.33 bits per heavy atom. The number of hydrogen-bond donors (Lipinski definition) is 0. The van der Waals surface area contributed by atoms with Crippen LogP contribution >= 0.6 is 0 Å². The first kappa shape index (κ1) is 13.3. The van der Waals surface area contributed by atoms with Crippen molar-refractivity contribution in [3.05, 3.63) is 64.8 Å². The van der Waals surface area contributed by atoms with E-state index in [0.717, 1.165) is 0 Å². The fourth-order valence-electron chi connectivity index (χ4n) is 2.14. The molecular formula is C16H10F2O3. The number of fused-ring (bicyclic) bond motifs is 1. The Hall–Kier alpha value is -2.69. The molecule has 0 fully saturated rings. The van der Waals surface area contributed by atoms with Crippen molar-refractivity contribution in [3.63, 3.8) is 0 Å². The third-order valence-corrected chi connectivity index (χ3v) is 3.02. The van der Waals surface area contributed by atoms with Gasteiger partial charge in [-0.3, -0.25) is 4.79 Å². The second-order valence-corrected chi connectivity index (χ2v) is 4.33. The van der Waals surface area contributed by atoms with E-state index in [1.807, 2.05) is 0 Å². The minimum atomic E-state index is -3.07. The van der Waals surface area contributed by atoms with Crippen molar-refractivity contribution in [1.29, 1.82) is 0 Å². The van der Waals surface area contributed by atoms with Gasteiger partial charge in [-0.2, -0.15) is 8.78 Å². The summed E-state index contributed by atoms with van der Waals surface area (Å²) in [6.07, 6.45) is 0. The van der Waals surface area contributed by atoms with E-state index in [0.29, 0.717) is 10.9 Å². The summed E-state index contributed by atoms with van der Waals surface area (Å²) in [4.78, 5) is 12.5. The van der Waals surface area contributed by atoms with Crippen molar-refractivity contribution in [3.8, 4) is 17.1 Å². The highest BCUT2D eigenvalue weighted by Gasteiger charge is 2.20. The predicted molar refractivity (Wildman–Crippen MR) is 74.6 cm³/mol. The first-order valence-electron chi connectivity index (χ1n) is 6.23. The molecule has 0 aliphatic rings. The highest BCUT2D eigenvalue weighted by atomic mass is 19.3. The first-order chi connectivity index (χ1) is 10.2. The topological polar surface area (TPSA) is 39.4 Å². The van der Waals surface area contributed by atoms with Crippen LogP contribution in [0.15, 0.2) is 63.8 Å². The molecule has 21 heavy (non-hydrogen) atoms. The summed E-state index contributed by atoms with van der Waals surface area (Å²) in [5.74, 6) is -0.472.